The van der Waals surface area contributed by atoms with Crippen LogP contribution in [-0.2, 0) is 14.8 Å². The highest BCUT2D eigenvalue weighted by Gasteiger charge is 2.22. The van der Waals surface area contributed by atoms with Gasteiger partial charge in [-0.3, -0.25) is 9.52 Å². The van der Waals surface area contributed by atoms with Crippen LogP contribution in [0.1, 0.15) is 48.9 Å². The number of carbonyl (C=O) groups is 1. The predicted molar refractivity (Wildman–Crippen MR) is 136 cm³/mol. The van der Waals surface area contributed by atoms with Gasteiger partial charge < -0.3 is 10.4 Å². The minimum absolute atomic E-state index is 0.0217. The standard InChI is InChI=1S/C25H29N3O4S2/c1-15-9-11-20(14-21(15)29)28-34(31,32)22-13-19(10-8-16(22)2)24-17(3)26-25(33-24)27-23(30)12-18-6-4-5-7-18/h8-11,13-14,18,28-29H,4-7,12H2,1-3H3,(H,26,27,30). The Balaban J connectivity index is 1.56. The Bertz CT molecular complexity index is 1330. The summed E-state index contributed by atoms with van der Waals surface area (Å²) in [5.41, 5.74) is 2.98. The number of benzene rings is 2. The summed E-state index contributed by atoms with van der Waals surface area (Å²) in [7, 11) is -3.89. The first kappa shape index (κ1) is 24.2. The summed E-state index contributed by atoms with van der Waals surface area (Å²) in [6.07, 6.45) is 5.11. The summed E-state index contributed by atoms with van der Waals surface area (Å²) in [5, 5.41) is 13.4. The van der Waals surface area contributed by atoms with Crippen LogP contribution in [0.15, 0.2) is 41.3 Å². The number of aromatic nitrogens is 1. The monoisotopic (exact) mass is 499 g/mol. The molecule has 0 spiro atoms. The summed E-state index contributed by atoms with van der Waals surface area (Å²) in [4.78, 5) is 17.9. The van der Waals surface area contributed by atoms with E-state index in [1.165, 1.54) is 30.2 Å². The molecular weight excluding hydrogens is 470 g/mol. The Morgan fingerprint density at radius 3 is 2.50 bits per heavy atom. The second kappa shape index (κ2) is 9.76. The largest absolute Gasteiger partial charge is 0.508 e. The SMILES string of the molecule is Cc1ccc(NS(=O)(=O)c2cc(-c3sc(NC(=O)CC4CCCC4)nc3C)ccc2C)cc1O. The fraction of sp³-hybridized carbons (Fsp3) is 0.360. The van der Waals surface area contributed by atoms with Crippen molar-refractivity contribution < 1.29 is 18.3 Å². The van der Waals surface area contributed by atoms with Gasteiger partial charge in [0.1, 0.15) is 5.75 Å². The lowest BCUT2D eigenvalue weighted by Crippen LogP contribution is -2.14. The number of aromatic hydroxyl groups is 1. The maximum absolute atomic E-state index is 13.1. The molecule has 0 saturated heterocycles. The average molecular weight is 500 g/mol. The number of hydrogen-bond acceptors (Lipinski definition) is 6. The predicted octanol–water partition coefficient (Wildman–Crippen LogP) is 5.76. The van der Waals surface area contributed by atoms with Gasteiger partial charge in [0.2, 0.25) is 5.91 Å². The molecule has 9 heteroatoms. The van der Waals surface area contributed by atoms with Gasteiger partial charge in [-0.2, -0.15) is 0 Å². The van der Waals surface area contributed by atoms with Crippen LogP contribution in [0.5, 0.6) is 5.75 Å². The van der Waals surface area contributed by atoms with Crippen LogP contribution in [0.3, 0.4) is 0 Å². The first-order chi connectivity index (χ1) is 16.1. The Morgan fingerprint density at radius 2 is 1.79 bits per heavy atom. The van der Waals surface area contributed by atoms with Crippen molar-refractivity contribution in [2.24, 2.45) is 5.92 Å². The molecule has 3 N–H and O–H groups in total. The van der Waals surface area contributed by atoms with Crippen molar-refractivity contribution in [1.82, 2.24) is 4.98 Å². The minimum atomic E-state index is -3.89. The van der Waals surface area contributed by atoms with E-state index in [4.69, 9.17) is 0 Å². The first-order valence-electron chi connectivity index (χ1n) is 11.3. The molecular formula is C25H29N3O4S2. The quantitative estimate of drug-likeness (QED) is 0.383. The molecule has 3 aromatic rings. The number of aryl methyl sites for hydroxylation is 3. The number of phenolic OH excluding ortho intramolecular Hbond substituents is 1. The van der Waals surface area contributed by atoms with Crippen LogP contribution in [0.25, 0.3) is 10.4 Å². The lowest BCUT2D eigenvalue weighted by atomic mass is 10.0. The van der Waals surface area contributed by atoms with E-state index in [2.05, 4.69) is 15.0 Å². The number of phenols is 1. The third-order valence-corrected chi connectivity index (χ3v) is 8.84. The highest BCUT2D eigenvalue weighted by atomic mass is 32.2. The molecule has 0 unspecified atom stereocenters. The molecule has 1 amide bonds. The molecule has 180 valence electrons. The molecule has 0 aliphatic heterocycles. The Morgan fingerprint density at radius 1 is 1.09 bits per heavy atom. The van der Waals surface area contributed by atoms with Crippen LogP contribution in [-0.4, -0.2) is 24.4 Å². The third kappa shape index (κ3) is 5.42. The smallest absolute Gasteiger partial charge is 0.262 e. The number of carbonyl (C=O) groups excluding carboxylic acids is 1. The topological polar surface area (TPSA) is 108 Å². The molecule has 2 aromatic carbocycles. The van der Waals surface area contributed by atoms with Crippen LogP contribution >= 0.6 is 11.3 Å². The van der Waals surface area contributed by atoms with Crippen molar-refractivity contribution in [3.8, 4) is 16.2 Å². The Kier molecular flexibility index (Phi) is 6.95. The van der Waals surface area contributed by atoms with E-state index in [-0.39, 0.29) is 22.2 Å². The molecule has 1 aromatic heterocycles. The maximum atomic E-state index is 13.1. The van der Waals surface area contributed by atoms with E-state index in [1.807, 2.05) is 13.0 Å². The number of sulfonamides is 1. The van der Waals surface area contributed by atoms with E-state index in [1.54, 1.807) is 38.1 Å². The van der Waals surface area contributed by atoms with Crippen molar-refractivity contribution in [1.29, 1.82) is 0 Å². The normalized spacial score (nSPS) is 14.3. The van der Waals surface area contributed by atoms with Crippen molar-refractivity contribution in [2.75, 3.05) is 10.0 Å². The van der Waals surface area contributed by atoms with Crippen molar-refractivity contribution >= 4 is 38.1 Å². The summed E-state index contributed by atoms with van der Waals surface area (Å²) >= 11 is 1.34. The molecule has 0 atom stereocenters. The molecule has 0 bridgehead atoms. The molecule has 1 fully saturated rings. The summed E-state index contributed by atoms with van der Waals surface area (Å²) in [6.45, 7) is 5.32. The molecule has 1 aliphatic rings. The average Bonchev–Trinajstić information content (AvgIpc) is 3.40. The Hall–Kier alpha value is -2.91. The molecule has 7 nitrogen and oxygen atoms in total. The Labute approximate surface area is 204 Å². The number of hydrogen-bond donors (Lipinski definition) is 3. The van der Waals surface area contributed by atoms with Crippen molar-refractivity contribution in [3.05, 3.63) is 53.2 Å². The number of amides is 1. The van der Waals surface area contributed by atoms with Gasteiger partial charge in [-0.15, -0.1) is 0 Å². The van der Waals surface area contributed by atoms with Crippen LogP contribution < -0.4 is 10.0 Å². The highest BCUT2D eigenvalue weighted by molar-refractivity contribution is 7.92. The zero-order valence-corrected chi connectivity index (χ0v) is 21.1. The van der Waals surface area contributed by atoms with Gasteiger partial charge in [0.15, 0.2) is 5.13 Å². The fourth-order valence-corrected chi connectivity index (χ4v) is 6.58. The van der Waals surface area contributed by atoms with E-state index in [9.17, 15) is 18.3 Å². The summed E-state index contributed by atoms with van der Waals surface area (Å²) in [5.74, 6) is 0.451. The van der Waals surface area contributed by atoms with E-state index in [0.717, 1.165) is 23.4 Å². The van der Waals surface area contributed by atoms with Gasteiger partial charge in [-0.25, -0.2) is 13.4 Å². The summed E-state index contributed by atoms with van der Waals surface area (Å²) < 4.78 is 28.8. The van der Waals surface area contributed by atoms with Gasteiger partial charge in [0.25, 0.3) is 10.0 Å². The van der Waals surface area contributed by atoms with Gasteiger partial charge >= 0.3 is 0 Å². The second-order valence-electron chi connectivity index (χ2n) is 8.92. The van der Waals surface area contributed by atoms with Crippen molar-refractivity contribution in [2.45, 2.75) is 57.8 Å². The van der Waals surface area contributed by atoms with Gasteiger partial charge in [-0.05, 0) is 68.4 Å². The lowest BCUT2D eigenvalue weighted by Gasteiger charge is -2.12. The number of anilines is 2. The molecule has 1 aliphatic carbocycles. The van der Waals surface area contributed by atoms with Crippen molar-refractivity contribution in [3.63, 3.8) is 0 Å². The zero-order chi connectivity index (χ0) is 24.5. The fourth-order valence-electron chi connectivity index (χ4n) is 4.28. The molecule has 4 rings (SSSR count). The summed E-state index contributed by atoms with van der Waals surface area (Å²) in [6, 6.07) is 9.89. The van der Waals surface area contributed by atoms with Crippen LogP contribution in [0, 0.1) is 26.7 Å². The van der Waals surface area contributed by atoms with Gasteiger partial charge in [0, 0.05) is 12.5 Å². The van der Waals surface area contributed by atoms with Crippen LogP contribution in [0.4, 0.5) is 10.8 Å². The molecule has 1 saturated carbocycles. The number of rotatable bonds is 7. The van der Waals surface area contributed by atoms with Gasteiger partial charge in [0.05, 0.1) is 21.2 Å². The van der Waals surface area contributed by atoms with E-state index in [0.29, 0.717) is 34.2 Å². The third-order valence-electron chi connectivity index (χ3n) is 6.19. The molecule has 0 radical (unpaired) electrons. The van der Waals surface area contributed by atoms with Crippen LogP contribution in [0.2, 0.25) is 0 Å². The van der Waals surface area contributed by atoms with E-state index >= 15 is 0 Å². The molecule has 1 heterocycles. The lowest BCUT2D eigenvalue weighted by molar-refractivity contribution is -0.117. The maximum Gasteiger partial charge on any atom is 0.262 e. The number of thiazole rings is 1. The minimum Gasteiger partial charge on any atom is -0.508 e. The number of nitrogens with zero attached hydrogens (tertiary/aromatic N) is 1. The van der Waals surface area contributed by atoms with Gasteiger partial charge in [-0.1, -0.05) is 42.4 Å². The zero-order valence-electron chi connectivity index (χ0n) is 19.5. The second-order valence-corrected chi connectivity index (χ2v) is 11.6. The van der Waals surface area contributed by atoms with E-state index < -0.39 is 10.0 Å². The highest BCUT2D eigenvalue weighted by Crippen LogP contribution is 2.36. The number of nitrogens with one attached hydrogen (secondary N) is 2. The molecule has 34 heavy (non-hydrogen) atoms. The first-order valence-corrected chi connectivity index (χ1v) is 13.6.